The zero-order chi connectivity index (χ0) is 19.4. The molecule has 0 bridgehead atoms. The van der Waals surface area contributed by atoms with Gasteiger partial charge in [-0.1, -0.05) is 18.2 Å². The fourth-order valence-electron chi connectivity index (χ4n) is 2.85. The zero-order valence-corrected chi connectivity index (χ0v) is 15.9. The van der Waals surface area contributed by atoms with Crippen molar-refractivity contribution in [3.8, 4) is 0 Å². The molecule has 1 atom stereocenters. The molecule has 0 spiro atoms. The summed E-state index contributed by atoms with van der Waals surface area (Å²) in [5.41, 5.74) is 4.24. The van der Waals surface area contributed by atoms with Gasteiger partial charge >= 0.3 is 0 Å². The number of hydrogen-bond donors (Lipinski definition) is 2. The van der Waals surface area contributed by atoms with Crippen LogP contribution in [0.25, 0.3) is 0 Å². The molecule has 2 aromatic rings. The third-order valence-electron chi connectivity index (χ3n) is 4.26. The molecule has 0 unspecified atom stereocenters. The lowest BCUT2D eigenvalue weighted by Gasteiger charge is -2.30. The van der Waals surface area contributed by atoms with Crippen LogP contribution in [0.4, 0.5) is 4.39 Å². The average Bonchev–Trinajstić information content (AvgIpc) is 3.22. The molecule has 144 valence electrons. The molecule has 2 N–H and O–H groups in total. The maximum Gasteiger partial charge on any atom is 0.272 e. The topological polar surface area (TPSA) is 95.6 Å². The van der Waals surface area contributed by atoms with Gasteiger partial charge in [0.2, 0.25) is 5.91 Å². The second-order valence-electron chi connectivity index (χ2n) is 6.06. The number of rotatable bonds is 4. The lowest BCUT2D eigenvalue weighted by atomic mass is 9.99. The van der Waals surface area contributed by atoms with E-state index in [9.17, 15) is 22.4 Å². The standard InChI is InChI=1S/C17H18FN3O4S2/c18-14-7-2-1-6-13(14)17(23)20-19-16(22)12-5-3-9-21(11-12)27(24,25)15-8-4-10-26-15/h1-2,4,6-8,10,12H,3,5,9,11H2,(H,19,22)(H,20,23)/t12-/m1/s1. The summed E-state index contributed by atoms with van der Waals surface area (Å²) in [6.45, 7) is 0.368. The quantitative estimate of drug-likeness (QED) is 0.750. The number of carbonyl (C=O) groups is 2. The lowest BCUT2D eigenvalue weighted by Crippen LogP contribution is -2.50. The summed E-state index contributed by atoms with van der Waals surface area (Å²) >= 11 is 1.12. The molecule has 3 rings (SSSR count). The summed E-state index contributed by atoms with van der Waals surface area (Å²) in [5.74, 6) is -2.59. The second-order valence-corrected chi connectivity index (χ2v) is 9.17. The first kappa shape index (κ1) is 19.5. The van der Waals surface area contributed by atoms with E-state index in [4.69, 9.17) is 0 Å². The Hall–Kier alpha value is -2.30. The van der Waals surface area contributed by atoms with E-state index >= 15 is 0 Å². The summed E-state index contributed by atoms with van der Waals surface area (Å²) in [7, 11) is -3.63. The van der Waals surface area contributed by atoms with Crippen LogP contribution in [0, 0.1) is 11.7 Å². The van der Waals surface area contributed by atoms with Gasteiger partial charge in [-0.25, -0.2) is 12.8 Å². The highest BCUT2D eigenvalue weighted by Gasteiger charge is 2.34. The third-order valence-corrected chi connectivity index (χ3v) is 7.50. The van der Waals surface area contributed by atoms with Gasteiger partial charge in [-0.2, -0.15) is 4.31 Å². The van der Waals surface area contributed by atoms with Crippen molar-refractivity contribution in [3.05, 3.63) is 53.2 Å². The van der Waals surface area contributed by atoms with Gasteiger partial charge in [-0.05, 0) is 36.4 Å². The maximum atomic E-state index is 13.6. The highest BCUT2D eigenvalue weighted by molar-refractivity contribution is 7.91. The smallest absolute Gasteiger partial charge is 0.272 e. The fraction of sp³-hybridized carbons (Fsp3) is 0.294. The molecular formula is C17H18FN3O4S2. The van der Waals surface area contributed by atoms with Crippen LogP contribution in [0.2, 0.25) is 0 Å². The number of nitrogens with zero attached hydrogens (tertiary/aromatic N) is 1. The predicted octanol–water partition coefficient (Wildman–Crippen LogP) is 1.75. The van der Waals surface area contributed by atoms with Crippen molar-refractivity contribution in [2.45, 2.75) is 17.1 Å². The Morgan fingerprint density at radius 2 is 1.93 bits per heavy atom. The van der Waals surface area contributed by atoms with Gasteiger partial charge < -0.3 is 0 Å². The van der Waals surface area contributed by atoms with Gasteiger partial charge in [-0.15, -0.1) is 11.3 Å². The first-order chi connectivity index (χ1) is 12.9. The Balaban J connectivity index is 1.60. The van der Waals surface area contributed by atoms with Gasteiger partial charge in [0.05, 0.1) is 11.5 Å². The number of benzene rings is 1. The minimum absolute atomic E-state index is 0.0294. The number of hydrazine groups is 1. The molecule has 1 aliphatic heterocycles. The van der Waals surface area contributed by atoms with Crippen molar-refractivity contribution in [2.75, 3.05) is 13.1 Å². The SMILES string of the molecule is O=C(NNC(=O)[C@@H]1CCCN(S(=O)(=O)c2cccs2)C1)c1ccccc1F. The van der Waals surface area contributed by atoms with Crippen molar-refractivity contribution >= 4 is 33.2 Å². The minimum atomic E-state index is -3.63. The molecule has 10 heteroatoms. The number of nitrogens with one attached hydrogen (secondary N) is 2. The minimum Gasteiger partial charge on any atom is -0.273 e. The van der Waals surface area contributed by atoms with Crippen LogP contribution < -0.4 is 10.9 Å². The molecule has 0 aliphatic carbocycles. The fourth-order valence-corrected chi connectivity index (χ4v) is 5.51. The number of halogens is 1. The summed E-state index contributed by atoms with van der Waals surface area (Å²) in [6, 6.07) is 8.59. The van der Waals surface area contributed by atoms with Crippen LogP contribution in [-0.2, 0) is 14.8 Å². The number of piperidine rings is 1. The van der Waals surface area contributed by atoms with E-state index in [1.807, 2.05) is 0 Å². The van der Waals surface area contributed by atoms with Crippen molar-refractivity contribution in [1.82, 2.24) is 15.2 Å². The Bertz CT molecular complexity index is 931. The monoisotopic (exact) mass is 411 g/mol. The first-order valence-corrected chi connectivity index (χ1v) is 10.6. The van der Waals surface area contributed by atoms with Crippen LogP contribution in [0.5, 0.6) is 0 Å². The Kier molecular flexibility index (Phi) is 5.88. The highest BCUT2D eigenvalue weighted by Crippen LogP contribution is 2.26. The number of thiophene rings is 1. The molecule has 1 saturated heterocycles. The zero-order valence-electron chi connectivity index (χ0n) is 14.2. The lowest BCUT2D eigenvalue weighted by molar-refractivity contribution is -0.126. The molecule has 1 fully saturated rings. The molecule has 1 aliphatic rings. The summed E-state index contributed by atoms with van der Waals surface area (Å²) in [4.78, 5) is 24.3. The van der Waals surface area contributed by atoms with E-state index < -0.39 is 33.6 Å². The number of carbonyl (C=O) groups excluding carboxylic acids is 2. The van der Waals surface area contributed by atoms with E-state index in [0.717, 1.165) is 17.4 Å². The van der Waals surface area contributed by atoms with E-state index in [2.05, 4.69) is 10.9 Å². The van der Waals surface area contributed by atoms with Gasteiger partial charge in [0.1, 0.15) is 10.0 Å². The molecule has 1 aromatic heterocycles. The normalized spacial score (nSPS) is 18.0. The van der Waals surface area contributed by atoms with Gasteiger partial charge in [0.15, 0.2) is 0 Å². The number of hydrogen-bond acceptors (Lipinski definition) is 5. The summed E-state index contributed by atoms with van der Waals surface area (Å²) in [6.07, 6.45) is 1.03. The van der Waals surface area contributed by atoms with Gasteiger partial charge in [-0.3, -0.25) is 20.4 Å². The molecule has 2 amide bonds. The van der Waals surface area contributed by atoms with Crippen molar-refractivity contribution in [2.24, 2.45) is 5.92 Å². The Morgan fingerprint density at radius 3 is 2.63 bits per heavy atom. The van der Waals surface area contributed by atoms with Crippen LogP contribution in [-0.4, -0.2) is 37.6 Å². The van der Waals surface area contributed by atoms with Crippen molar-refractivity contribution in [3.63, 3.8) is 0 Å². The molecule has 7 nitrogen and oxygen atoms in total. The third kappa shape index (κ3) is 4.34. The molecule has 0 saturated carbocycles. The van der Waals surface area contributed by atoms with Crippen LogP contribution >= 0.6 is 11.3 Å². The maximum absolute atomic E-state index is 13.6. The van der Waals surface area contributed by atoms with E-state index in [-0.39, 0.29) is 16.3 Å². The van der Waals surface area contributed by atoms with Crippen LogP contribution in [0.3, 0.4) is 0 Å². The predicted molar refractivity (Wildman–Crippen MR) is 97.8 cm³/mol. The summed E-state index contributed by atoms with van der Waals surface area (Å²) < 4.78 is 40.3. The van der Waals surface area contributed by atoms with Gasteiger partial charge in [0, 0.05) is 13.1 Å². The Labute approximate surface area is 160 Å². The average molecular weight is 411 g/mol. The van der Waals surface area contributed by atoms with E-state index in [1.165, 1.54) is 28.6 Å². The van der Waals surface area contributed by atoms with E-state index in [0.29, 0.717) is 19.4 Å². The number of amides is 2. The van der Waals surface area contributed by atoms with E-state index in [1.54, 1.807) is 11.4 Å². The molecule has 0 radical (unpaired) electrons. The van der Waals surface area contributed by atoms with Crippen molar-refractivity contribution < 1.29 is 22.4 Å². The highest BCUT2D eigenvalue weighted by atomic mass is 32.2. The van der Waals surface area contributed by atoms with Crippen LogP contribution in [0.1, 0.15) is 23.2 Å². The molecule has 2 heterocycles. The number of sulfonamides is 1. The van der Waals surface area contributed by atoms with Crippen LogP contribution in [0.15, 0.2) is 46.0 Å². The molecular weight excluding hydrogens is 393 g/mol. The Morgan fingerprint density at radius 1 is 1.15 bits per heavy atom. The molecule has 1 aromatic carbocycles. The largest absolute Gasteiger partial charge is 0.273 e. The second kappa shape index (κ2) is 8.15. The summed E-state index contributed by atoms with van der Waals surface area (Å²) in [5, 5.41) is 1.68. The molecule has 27 heavy (non-hydrogen) atoms. The first-order valence-electron chi connectivity index (χ1n) is 8.28. The van der Waals surface area contributed by atoms with Gasteiger partial charge in [0.25, 0.3) is 15.9 Å². The van der Waals surface area contributed by atoms with Crippen molar-refractivity contribution in [1.29, 1.82) is 0 Å².